The third-order valence-corrected chi connectivity index (χ3v) is 6.94. The molecule has 4 aromatic heterocycles. The summed E-state index contributed by atoms with van der Waals surface area (Å²) in [7, 11) is 0. The predicted octanol–water partition coefficient (Wildman–Crippen LogP) is 4.23. The van der Waals surface area contributed by atoms with Gasteiger partial charge >= 0.3 is 0 Å². The van der Waals surface area contributed by atoms with Crippen LogP contribution >= 0.6 is 0 Å². The summed E-state index contributed by atoms with van der Waals surface area (Å²) < 4.78 is 4.31. The minimum atomic E-state index is 0.635. The second kappa shape index (κ2) is 11.8. The minimum absolute atomic E-state index is 0.635. The van der Waals surface area contributed by atoms with E-state index in [2.05, 4.69) is 51.0 Å². The molecule has 2 aliphatic carbocycles. The Morgan fingerprint density at radius 1 is 0.838 bits per heavy atom. The number of fused-ring (bicyclic) bond motifs is 2. The number of nitrogens with one attached hydrogen (secondary N) is 2. The van der Waals surface area contributed by atoms with Gasteiger partial charge in [0.25, 0.3) is 0 Å². The molecule has 0 atom stereocenters. The third kappa shape index (κ3) is 6.17. The molecule has 0 amide bonds. The van der Waals surface area contributed by atoms with Gasteiger partial charge in [0.15, 0.2) is 22.3 Å². The van der Waals surface area contributed by atoms with Crippen molar-refractivity contribution < 1.29 is 0 Å². The number of H-pyrrole nitrogens is 2. The highest BCUT2D eigenvalue weighted by atomic mass is 15.1. The van der Waals surface area contributed by atoms with E-state index in [1.807, 2.05) is 26.5 Å². The zero-order chi connectivity index (χ0) is 25.6. The van der Waals surface area contributed by atoms with Gasteiger partial charge in [-0.1, -0.05) is 26.2 Å². The molecule has 10 heteroatoms. The monoisotopic (exact) mass is 504 g/mol. The lowest BCUT2D eigenvalue weighted by molar-refractivity contribution is 0.583. The molecule has 0 aromatic carbocycles. The topological polar surface area (TPSA) is 118 Å². The molecule has 0 saturated heterocycles. The molecule has 10 nitrogen and oxygen atoms in total. The SMILES string of the molecule is CCCCCCn1cnc(=NCC)c2[nH]cnc21.CCN=c1ncn(CC2CC2)c2nc(C3CC3)[nH]c12. The molecule has 2 saturated carbocycles. The van der Waals surface area contributed by atoms with E-state index in [1.165, 1.54) is 51.4 Å². The van der Waals surface area contributed by atoms with Crippen molar-refractivity contribution in [3.63, 3.8) is 0 Å². The lowest BCUT2D eigenvalue weighted by atomic mass is 10.2. The third-order valence-electron chi connectivity index (χ3n) is 6.94. The van der Waals surface area contributed by atoms with E-state index < -0.39 is 0 Å². The second-order valence-corrected chi connectivity index (χ2v) is 10.1. The van der Waals surface area contributed by atoms with Crippen molar-refractivity contribution in [3.05, 3.63) is 35.8 Å². The summed E-state index contributed by atoms with van der Waals surface area (Å²) >= 11 is 0. The van der Waals surface area contributed by atoms with Gasteiger partial charge in [-0.15, -0.1) is 0 Å². The molecule has 0 aliphatic heterocycles. The Labute approximate surface area is 217 Å². The molecular weight excluding hydrogens is 464 g/mol. The van der Waals surface area contributed by atoms with Gasteiger partial charge in [0.05, 0.1) is 19.0 Å². The van der Waals surface area contributed by atoms with Crippen LogP contribution in [0.2, 0.25) is 0 Å². The van der Waals surface area contributed by atoms with E-state index in [0.29, 0.717) is 5.92 Å². The fraction of sp³-hybridized carbons (Fsp3) is 0.630. The van der Waals surface area contributed by atoms with Crippen LogP contribution in [0.4, 0.5) is 0 Å². The standard InChI is InChI=1S/C14H19N5.C13H21N5/c1-2-15-13-11-14(18-12(17-11)10-5-6-10)19(8-16-13)7-9-3-4-9;1-3-5-6-7-8-18-10-17-12(14-4-2)11-13(18)16-9-15-11/h8-10H,2-7H2,1H3,(H,17,18);9-10H,3-8H2,1-2H3,(H,15,16). The number of unbranched alkanes of at least 4 members (excludes halogenated alkanes) is 3. The van der Waals surface area contributed by atoms with E-state index in [0.717, 1.165) is 71.2 Å². The van der Waals surface area contributed by atoms with Crippen LogP contribution in [0.5, 0.6) is 0 Å². The van der Waals surface area contributed by atoms with E-state index in [4.69, 9.17) is 4.98 Å². The molecular formula is C27H40N10. The first-order valence-corrected chi connectivity index (χ1v) is 14.1. The number of hydrogen-bond acceptors (Lipinski definition) is 6. The number of aromatic amines is 2. The maximum Gasteiger partial charge on any atom is 0.176 e. The van der Waals surface area contributed by atoms with Crippen molar-refractivity contribution >= 4 is 22.3 Å². The highest BCUT2D eigenvalue weighted by Gasteiger charge is 2.28. The first kappa shape index (κ1) is 25.4. The van der Waals surface area contributed by atoms with Crippen LogP contribution in [-0.4, -0.2) is 52.1 Å². The fourth-order valence-corrected chi connectivity index (χ4v) is 4.58. The molecule has 2 aliphatic rings. The van der Waals surface area contributed by atoms with Crippen LogP contribution in [-0.2, 0) is 13.1 Å². The number of hydrogen-bond donors (Lipinski definition) is 2. The summed E-state index contributed by atoms with van der Waals surface area (Å²) in [4.78, 5) is 33.5. The summed E-state index contributed by atoms with van der Waals surface area (Å²) in [6.45, 7) is 9.79. The number of imidazole rings is 2. The van der Waals surface area contributed by atoms with Crippen molar-refractivity contribution in [3.8, 4) is 0 Å². The van der Waals surface area contributed by atoms with Crippen LogP contribution in [0.15, 0.2) is 29.0 Å². The molecule has 4 aromatic rings. The summed E-state index contributed by atoms with van der Waals surface area (Å²) in [6, 6.07) is 0. The van der Waals surface area contributed by atoms with E-state index in [-0.39, 0.29) is 0 Å². The first-order chi connectivity index (χ1) is 18.2. The Morgan fingerprint density at radius 2 is 1.57 bits per heavy atom. The molecule has 0 unspecified atom stereocenters. The van der Waals surface area contributed by atoms with Gasteiger partial charge in [-0.25, -0.2) is 19.9 Å². The largest absolute Gasteiger partial charge is 0.340 e. The summed E-state index contributed by atoms with van der Waals surface area (Å²) in [6.07, 6.45) is 15.7. The Hall–Kier alpha value is -3.30. The molecule has 37 heavy (non-hydrogen) atoms. The molecule has 0 spiro atoms. The Kier molecular flexibility index (Phi) is 8.11. The van der Waals surface area contributed by atoms with Crippen molar-refractivity contribution in [2.75, 3.05) is 13.1 Å². The molecule has 6 rings (SSSR count). The molecule has 198 valence electrons. The number of aryl methyl sites for hydroxylation is 1. The average Bonchev–Trinajstić information content (AvgIpc) is 3.83. The fourth-order valence-electron chi connectivity index (χ4n) is 4.58. The zero-order valence-corrected chi connectivity index (χ0v) is 22.4. The Morgan fingerprint density at radius 3 is 2.24 bits per heavy atom. The van der Waals surface area contributed by atoms with Gasteiger partial charge in [0.2, 0.25) is 0 Å². The van der Waals surface area contributed by atoms with Crippen LogP contribution in [0.25, 0.3) is 22.3 Å². The lowest BCUT2D eigenvalue weighted by Crippen LogP contribution is -2.15. The van der Waals surface area contributed by atoms with Gasteiger partial charge < -0.3 is 19.1 Å². The summed E-state index contributed by atoms with van der Waals surface area (Å²) in [5.74, 6) is 2.58. The van der Waals surface area contributed by atoms with E-state index >= 15 is 0 Å². The summed E-state index contributed by atoms with van der Waals surface area (Å²) in [5.41, 5.74) is 5.52. The van der Waals surface area contributed by atoms with Crippen molar-refractivity contribution in [2.45, 2.75) is 91.1 Å². The number of aromatic nitrogens is 8. The molecule has 4 heterocycles. The van der Waals surface area contributed by atoms with Crippen molar-refractivity contribution in [2.24, 2.45) is 15.9 Å². The van der Waals surface area contributed by atoms with Crippen LogP contribution < -0.4 is 11.0 Å². The van der Waals surface area contributed by atoms with Crippen LogP contribution in [0, 0.1) is 5.92 Å². The highest BCUT2D eigenvalue weighted by Crippen LogP contribution is 2.39. The number of rotatable bonds is 10. The first-order valence-electron chi connectivity index (χ1n) is 14.1. The minimum Gasteiger partial charge on any atom is -0.340 e. The predicted molar refractivity (Wildman–Crippen MR) is 145 cm³/mol. The van der Waals surface area contributed by atoms with Crippen LogP contribution in [0.3, 0.4) is 0 Å². The second-order valence-electron chi connectivity index (χ2n) is 10.1. The Balaban J connectivity index is 0.000000152. The smallest absolute Gasteiger partial charge is 0.176 e. The molecule has 2 fully saturated rings. The quantitative estimate of drug-likeness (QED) is 0.314. The maximum absolute atomic E-state index is 4.81. The lowest BCUT2D eigenvalue weighted by Gasteiger charge is -2.06. The normalized spacial score (nSPS) is 16.5. The average molecular weight is 505 g/mol. The highest BCUT2D eigenvalue weighted by molar-refractivity contribution is 5.70. The zero-order valence-electron chi connectivity index (χ0n) is 22.4. The van der Waals surface area contributed by atoms with Crippen molar-refractivity contribution in [1.82, 2.24) is 39.0 Å². The Bertz CT molecular complexity index is 1450. The number of nitrogens with zero attached hydrogens (tertiary/aromatic N) is 8. The van der Waals surface area contributed by atoms with Gasteiger partial charge in [-0.2, -0.15) is 0 Å². The van der Waals surface area contributed by atoms with E-state index in [1.54, 1.807) is 6.33 Å². The van der Waals surface area contributed by atoms with Crippen molar-refractivity contribution in [1.29, 1.82) is 0 Å². The summed E-state index contributed by atoms with van der Waals surface area (Å²) in [5, 5.41) is 0. The van der Waals surface area contributed by atoms with Gasteiger partial charge in [0, 0.05) is 32.1 Å². The van der Waals surface area contributed by atoms with Gasteiger partial charge in [-0.05, 0) is 51.9 Å². The maximum atomic E-state index is 4.81. The van der Waals surface area contributed by atoms with Gasteiger partial charge in [0.1, 0.15) is 16.9 Å². The molecule has 0 bridgehead atoms. The molecule has 0 radical (unpaired) electrons. The van der Waals surface area contributed by atoms with E-state index in [9.17, 15) is 0 Å². The molecule has 2 N–H and O–H groups in total. The van der Waals surface area contributed by atoms with Gasteiger partial charge in [-0.3, -0.25) is 9.98 Å². The van der Waals surface area contributed by atoms with Crippen LogP contribution in [0.1, 0.15) is 83.9 Å².